The van der Waals surface area contributed by atoms with Crippen molar-refractivity contribution in [1.29, 1.82) is 0 Å². The maximum atomic E-state index is 13.1. The van der Waals surface area contributed by atoms with E-state index in [1.165, 1.54) is 24.1 Å². The van der Waals surface area contributed by atoms with Gasteiger partial charge in [0.05, 0.1) is 18.7 Å². The third-order valence-electron chi connectivity index (χ3n) is 5.01. The van der Waals surface area contributed by atoms with Crippen LogP contribution in [0.5, 0.6) is 0 Å². The molecule has 5 heteroatoms. The topological polar surface area (TPSA) is 42.4 Å². The lowest BCUT2D eigenvalue weighted by Gasteiger charge is -2.33. The van der Waals surface area contributed by atoms with Gasteiger partial charge in [-0.15, -0.1) is 0 Å². The first-order valence-electron chi connectivity index (χ1n) is 8.85. The number of hydrogen-bond donors (Lipinski definition) is 0. The van der Waals surface area contributed by atoms with Crippen LogP contribution in [-0.4, -0.2) is 35.5 Å². The van der Waals surface area contributed by atoms with E-state index in [1.54, 1.807) is 18.3 Å². The molecule has 130 valence electrons. The average molecular weight is 340 g/mol. The average Bonchev–Trinajstić information content (AvgIpc) is 2.68. The van der Waals surface area contributed by atoms with Gasteiger partial charge in [-0.2, -0.15) is 0 Å². The number of carbonyl (C=O) groups is 1. The van der Waals surface area contributed by atoms with Crippen LogP contribution in [-0.2, 0) is 17.6 Å². The van der Waals surface area contributed by atoms with Crippen molar-refractivity contribution in [2.24, 2.45) is 0 Å². The Morgan fingerprint density at radius 1 is 1.20 bits per heavy atom. The number of ether oxygens (including phenoxy) is 1. The summed E-state index contributed by atoms with van der Waals surface area (Å²) in [5, 5.41) is 0. The number of morpholine rings is 1. The van der Waals surface area contributed by atoms with Crippen molar-refractivity contribution in [3.8, 4) is 0 Å². The summed E-state index contributed by atoms with van der Waals surface area (Å²) in [7, 11) is 0. The molecule has 0 bridgehead atoms. The predicted octanol–water partition coefficient (Wildman–Crippen LogP) is 3.31. The molecule has 25 heavy (non-hydrogen) atoms. The minimum atomic E-state index is -0.271. The summed E-state index contributed by atoms with van der Waals surface area (Å²) in [6, 6.07) is 8.29. The van der Waals surface area contributed by atoms with Crippen LogP contribution in [0.1, 0.15) is 46.1 Å². The molecule has 1 fully saturated rings. The summed E-state index contributed by atoms with van der Waals surface area (Å²) in [4.78, 5) is 19.2. The maximum Gasteiger partial charge on any atom is 0.255 e. The standard InChI is InChI=1S/C20H21FN2O2/c21-17-7-5-14(6-8-17)19-13-23(9-10-25-19)20(24)16-11-15-3-1-2-4-18(15)22-12-16/h5-8,11-12,19H,1-4,9-10,13H2/t19-/m1/s1. The molecule has 4 nitrogen and oxygen atoms in total. The molecule has 1 aliphatic heterocycles. The van der Waals surface area contributed by atoms with Crippen LogP contribution >= 0.6 is 0 Å². The Hall–Kier alpha value is -2.27. The molecule has 0 spiro atoms. The zero-order valence-electron chi connectivity index (χ0n) is 14.1. The second-order valence-corrected chi connectivity index (χ2v) is 6.70. The fourth-order valence-corrected chi connectivity index (χ4v) is 3.60. The van der Waals surface area contributed by atoms with Crippen LogP contribution in [0.3, 0.4) is 0 Å². The molecule has 2 heterocycles. The van der Waals surface area contributed by atoms with Crippen molar-refractivity contribution in [3.05, 3.63) is 64.7 Å². The molecular weight excluding hydrogens is 319 g/mol. The van der Waals surface area contributed by atoms with E-state index in [4.69, 9.17) is 4.74 Å². The predicted molar refractivity (Wildman–Crippen MR) is 91.9 cm³/mol. The van der Waals surface area contributed by atoms with Crippen LogP contribution < -0.4 is 0 Å². The minimum absolute atomic E-state index is 0.00344. The highest BCUT2D eigenvalue weighted by molar-refractivity contribution is 5.94. The van der Waals surface area contributed by atoms with E-state index in [0.717, 1.165) is 30.5 Å². The molecule has 1 amide bonds. The molecule has 0 saturated carbocycles. The molecule has 1 aliphatic carbocycles. The zero-order valence-corrected chi connectivity index (χ0v) is 14.1. The van der Waals surface area contributed by atoms with Gasteiger partial charge >= 0.3 is 0 Å². The van der Waals surface area contributed by atoms with Gasteiger partial charge in [-0.1, -0.05) is 12.1 Å². The summed E-state index contributed by atoms with van der Waals surface area (Å²) in [5.74, 6) is -0.274. The molecule has 1 atom stereocenters. The van der Waals surface area contributed by atoms with Crippen LogP contribution in [0.4, 0.5) is 4.39 Å². The first kappa shape index (κ1) is 16.2. The van der Waals surface area contributed by atoms with Crippen LogP contribution in [0, 0.1) is 5.82 Å². The molecular formula is C20H21FN2O2. The van der Waals surface area contributed by atoms with Gasteiger partial charge in [0.25, 0.3) is 5.91 Å². The molecule has 0 radical (unpaired) electrons. The Bertz CT molecular complexity index is 776. The number of nitrogens with zero attached hydrogens (tertiary/aromatic N) is 2. The Kier molecular flexibility index (Phi) is 4.49. The minimum Gasteiger partial charge on any atom is -0.370 e. The van der Waals surface area contributed by atoms with Crippen LogP contribution in [0.25, 0.3) is 0 Å². The summed E-state index contributed by atoms with van der Waals surface area (Å²) in [6.07, 6.45) is 5.84. The number of halogens is 1. The van der Waals surface area contributed by atoms with Gasteiger partial charge in [0.1, 0.15) is 11.9 Å². The Balaban J connectivity index is 1.51. The normalized spacial score (nSPS) is 20.2. The number of pyridine rings is 1. The first-order valence-corrected chi connectivity index (χ1v) is 8.85. The SMILES string of the molecule is O=C(c1cnc2c(c1)CCCC2)N1CCO[C@@H](c2ccc(F)cc2)C1. The van der Waals surface area contributed by atoms with Crippen molar-refractivity contribution in [2.45, 2.75) is 31.8 Å². The monoisotopic (exact) mass is 340 g/mol. The molecule has 2 aliphatic rings. The van der Waals surface area contributed by atoms with E-state index < -0.39 is 0 Å². The molecule has 2 aromatic rings. The smallest absolute Gasteiger partial charge is 0.255 e. The largest absolute Gasteiger partial charge is 0.370 e. The fraction of sp³-hybridized carbons (Fsp3) is 0.400. The van der Waals surface area contributed by atoms with Crippen LogP contribution in [0.15, 0.2) is 36.5 Å². The number of aromatic nitrogens is 1. The number of amides is 1. The van der Waals surface area contributed by atoms with E-state index in [-0.39, 0.29) is 17.8 Å². The number of carbonyl (C=O) groups excluding carboxylic acids is 1. The summed E-state index contributed by atoms with van der Waals surface area (Å²) < 4.78 is 18.9. The van der Waals surface area contributed by atoms with Gasteiger partial charge in [-0.3, -0.25) is 9.78 Å². The van der Waals surface area contributed by atoms with E-state index in [1.807, 2.05) is 11.0 Å². The highest BCUT2D eigenvalue weighted by Gasteiger charge is 2.27. The quantitative estimate of drug-likeness (QED) is 0.842. The van der Waals surface area contributed by atoms with Crippen molar-refractivity contribution in [2.75, 3.05) is 19.7 Å². The second-order valence-electron chi connectivity index (χ2n) is 6.70. The van der Waals surface area contributed by atoms with Gasteiger partial charge in [0, 0.05) is 18.4 Å². The van der Waals surface area contributed by atoms with Gasteiger partial charge in [0.15, 0.2) is 0 Å². The summed E-state index contributed by atoms with van der Waals surface area (Å²) in [5.41, 5.74) is 3.89. The Morgan fingerprint density at radius 3 is 2.84 bits per heavy atom. The number of hydrogen-bond acceptors (Lipinski definition) is 3. The maximum absolute atomic E-state index is 13.1. The molecule has 4 rings (SSSR count). The Labute approximate surface area is 146 Å². The van der Waals surface area contributed by atoms with Gasteiger partial charge in [-0.05, 0) is 55.0 Å². The van der Waals surface area contributed by atoms with Gasteiger partial charge in [0.2, 0.25) is 0 Å². The molecule has 0 unspecified atom stereocenters. The summed E-state index contributed by atoms with van der Waals surface area (Å²) in [6.45, 7) is 1.52. The lowest BCUT2D eigenvalue weighted by Crippen LogP contribution is -2.42. The van der Waals surface area contributed by atoms with E-state index >= 15 is 0 Å². The van der Waals surface area contributed by atoms with Gasteiger partial charge < -0.3 is 9.64 Å². The number of aryl methyl sites for hydroxylation is 2. The van der Waals surface area contributed by atoms with Crippen molar-refractivity contribution < 1.29 is 13.9 Å². The third-order valence-corrected chi connectivity index (χ3v) is 5.01. The van der Waals surface area contributed by atoms with Gasteiger partial charge in [-0.25, -0.2) is 4.39 Å². The molecule has 0 N–H and O–H groups in total. The third kappa shape index (κ3) is 3.42. The molecule has 1 aromatic carbocycles. The highest BCUT2D eigenvalue weighted by atomic mass is 19.1. The lowest BCUT2D eigenvalue weighted by molar-refractivity contribution is -0.0228. The second kappa shape index (κ2) is 6.92. The molecule has 1 saturated heterocycles. The van der Waals surface area contributed by atoms with E-state index in [2.05, 4.69) is 4.98 Å². The number of benzene rings is 1. The highest BCUT2D eigenvalue weighted by Crippen LogP contribution is 2.25. The Morgan fingerprint density at radius 2 is 2.00 bits per heavy atom. The zero-order chi connectivity index (χ0) is 17.2. The number of rotatable bonds is 2. The lowest BCUT2D eigenvalue weighted by atomic mass is 9.95. The number of fused-ring (bicyclic) bond motifs is 1. The summed E-state index contributed by atoms with van der Waals surface area (Å²) >= 11 is 0. The van der Waals surface area contributed by atoms with Crippen molar-refractivity contribution >= 4 is 5.91 Å². The van der Waals surface area contributed by atoms with Crippen molar-refractivity contribution in [1.82, 2.24) is 9.88 Å². The fourth-order valence-electron chi connectivity index (χ4n) is 3.60. The van der Waals surface area contributed by atoms with E-state index in [0.29, 0.717) is 25.3 Å². The first-order chi connectivity index (χ1) is 12.2. The van der Waals surface area contributed by atoms with Crippen LogP contribution in [0.2, 0.25) is 0 Å². The molecule has 1 aromatic heterocycles. The van der Waals surface area contributed by atoms with Crippen molar-refractivity contribution in [3.63, 3.8) is 0 Å². The van der Waals surface area contributed by atoms with E-state index in [9.17, 15) is 9.18 Å².